The Morgan fingerprint density at radius 1 is 1.05 bits per heavy atom. The van der Waals surface area contributed by atoms with Crippen molar-refractivity contribution in [1.82, 2.24) is 0 Å². The average Bonchev–Trinajstić information content (AvgIpc) is 2.47. The van der Waals surface area contributed by atoms with E-state index in [-0.39, 0.29) is 20.8 Å². The van der Waals surface area contributed by atoms with Gasteiger partial charge in [-0.15, -0.1) is 0 Å². The van der Waals surface area contributed by atoms with Gasteiger partial charge < -0.3 is 9.47 Å². The summed E-state index contributed by atoms with van der Waals surface area (Å²) in [6, 6.07) is 2.70. The number of benzene rings is 1. The van der Waals surface area contributed by atoms with Crippen LogP contribution in [0.5, 0.6) is 5.75 Å². The highest BCUT2D eigenvalue weighted by Crippen LogP contribution is 2.34. The molecule has 0 fully saturated rings. The third-order valence-corrected chi connectivity index (χ3v) is 3.72. The first-order valence-corrected chi connectivity index (χ1v) is 7.78. The van der Waals surface area contributed by atoms with E-state index in [1.807, 2.05) is 6.92 Å². The molecule has 0 amide bonds. The lowest BCUT2D eigenvalue weighted by atomic mass is 10.3. The minimum Gasteiger partial charge on any atom is -0.463 e. The molecule has 0 aliphatic carbocycles. The number of ether oxygens (including phenoxy) is 2. The Hall–Kier alpha value is -1.23. The molecule has 0 aromatic heterocycles. The molecule has 0 aliphatic heterocycles. The van der Waals surface area contributed by atoms with E-state index in [1.54, 1.807) is 0 Å². The first kappa shape index (κ1) is 18.8. The van der Waals surface area contributed by atoms with E-state index in [0.717, 1.165) is 31.4 Å². The van der Waals surface area contributed by atoms with E-state index < -0.39 is 11.9 Å². The Labute approximate surface area is 143 Å². The second-order valence-electron chi connectivity index (χ2n) is 4.33. The standard InChI is InChI=1S/C15H15Cl3O4/c1-2-3-4-7-21-13(19)5-6-14(20)22-10-8-11(16)15(18)12(17)9-10/h5-6,8-9H,2-4,7H2,1H3/b6-5+. The fraction of sp³-hybridized carbons (Fsp3) is 0.333. The minimum atomic E-state index is -0.750. The highest BCUT2D eigenvalue weighted by atomic mass is 35.5. The third kappa shape index (κ3) is 6.69. The molecule has 4 nitrogen and oxygen atoms in total. The number of halogens is 3. The molecule has 0 saturated carbocycles. The Morgan fingerprint density at radius 2 is 1.64 bits per heavy atom. The van der Waals surface area contributed by atoms with Crippen LogP contribution in [-0.4, -0.2) is 18.5 Å². The van der Waals surface area contributed by atoms with E-state index in [0.29, 0.717) is 6.61 Å². The summed E-state index contributed by atoms with van der Waals surface area (Å²) in [5.41, 5.74) is 0. The predicted molar refractivity (Wildman–Crippen MR) is 86.7 cm³/mol. The molecule has 0 atom stereocenters. The molecule has 0 unspecified atom stereocenters. The molecule has 1 rings (SSSR count). The van der Waals surface area contributed by atoms with Crippen LogP contribution in [0.15, 0.2) is 24.3 Å². The van der Waals surface area contributed by atoms with Gasteiger partial charge in [0.05, 0.1) is 21.7 Å². The van der Waals surface area contributed by atoms with Crippen molar-refractivity contribution in [2.45, 2.75) is 26.2 Å². The zero-order chi connectivity index (χ0) is 16.5. The summed E-state index contributed by atoms with van der Waals surface area (Å²) >= 11 is 17.4. The van der Waals surface area contributed by atoms with Crippen LogP contribution in [0.4, 0.5) is 0 Å². The van der Waals surface area contributed by atoms with Crippen LogP contribution in [0.25, 0.3) is 0 Å². The molecule has 1 aromatic carbocycles. The second kappa shape index (κ2) is 9.72. The maximum atomic E-state index is 11.6. The van der Waals surface area contributed by atoms with Gasteiger partial charge >= 0.3 is 11.9 Å². The van der Waals surface area contributed by atoms with E-state index in [9.17, 15) is 9.59 Å². The third-order valence-electron chi connectivity index (χ3n) is 2.52. The van der Waals surface area contributed by atoms with Gasteiger partial charge in [0, 0.05) is 24.3 Å². The summed E-state index contributed by atoms with van der Waals surface area (Å²) in [7, 11) is 0. The fourth-order valence-corrected chi connectivity index (χ4v) is 2.03. The van der Waals surface area contributed by atoms with Gasteiger partial charge in [0.25, 0.3) is 0 Å². The van der Waals surface area contributed by atoms with Crippen molar-refractivity contribution in [3.8, 4) is 5.75 Å². The summed E-state index contributed by atoms with van der Waals surface area (Å²) in [5.74, 6) is -1.22. The van der Waals surface area contributed by atoms with Crippen LogP contribution in [0.3, 0.4) is 0 Å². The highest BCUT2D eigenvalue weighted by molar-refractivity contribution is 6.48. The number of rotatable bonds is 7. The molecule has 0 saturated heterocycles. The van der Waals surface area contributed by atoms with E-state index in [4.69, 9.17) is 44.3 Å². The van der Waals surface area contributed by atoms with Crippen LogP contribution < -0.4 is 4.74 Å². The number of hydrogen-bond acceptors (Lipinski definition) is 4. The van der Waals surface area contributed by atoms with E-state index in [1.165, 1.54) is 12.1 Å². The number of hydrogen-bond donors (Lipinski definition) is 0. The zero-order valence-corrected chi connectivity index (χ0v) is 14.2. The van der Waals surface area contributed by atoms with Gasteiger partial charge in [-0.25, -0.2) is 9.59 Å². The first-order chi connectivity index (χ1) is 10.4. The molecule has 1 aromatic rings. The van der Waals surface area contributed by atoms with Crippen LogP contribution in [0.2, 0.25) is 15.1 Å². The summed E-state index contributed by atoms with van der Waals surface area (Å²) < 4.78 is 9.87. The molecule has 0 radical (unpaired) electrons. The van der Waals surface area contributed by atoms with Crippen LogP contribution in [-0.2, 0) is 14.3 Å². The van der Waals surface area contributed by atoms with Crippen molar-refractivity contribution in [3.05, 3.63) is 39.4 Å². The number of unbranched alkanes of at least 4 members (excludes halogenated alkanes) is 2. The first-order valence-electron chi connectivity index (χ1n) is 6.65. The number of carbonyl (C=O) groups excluding carboxylic acids is 2. The van der Waals surface area contributed by atoms with Gasteiger partial charge in [-0.05, 0) is 6.42 Å². The SMILES string of the molecule is CCCCCOC(=O)/C=C/C(=O)Oc1cc(Cl)c(Cl)c(Cl)c1. The number of carbonyl (C=O) groups is 2. The molecule has 120 valence electrons. The van der Waals surface area contributed by atoms with Crippen LogP contribution in [0.1, 0.15) is 26.2 Å². The molecule has 7 heteroatoms. The van der Waals surface area contributed by atoms with E-state index in [2.05, 4.69) is 0 Å². The van der Waals surface area contributed by atoms with Gasteiger partial charge in [-0.2, -0.15) is 0 Å². The summed E-state index contributed by atoms with van der Waals surface area (Å²) in [6.07, 6.45) is 4.79. The van der Waals surface area contributed by atoms with Gasteiger partial charge in [-0.3, -0.25) is 0 Å². The minimum absolute atomic E-state index is 0.130. The molecule has 0 N–H and O–H groups in total. The van der Waals surface area contributed by atoms with Crippen molar-refractivity contribution in [2.24, 2.45) is 0 Å². The Morgan fingerprint density at radius 3 is 2.23 bits per heavy atom. The summed E-state index contributed by atoms with van der Waals surface area (Å²) in [6.45, 7) is 2.38. The molecule has 0 aliphatic rings. The largest absolute Gasteiger partial charge is 0.463 e. The van der Waals surface area contributed by atoms with E-state index >= 15 is 0 Å². The molecule has 0 spiro atoms. The fourth-order valence-electron chi connectivity index (χ4n) is 1.45. The highest BCUT2D eigenvalue weighted by Gasteiger charge is 2.09. The lowest BCUT2D eigenvalue weighted by Crippen LogP contribution is -2.07. The van der Waals surface area contributed by atoms with Crippen LogP contribution in [0, 0.1) is 0 Å². The van der Waals surface area contributed by atoms with Gasteiger partial charge in [0.15, 0.2) is 0 Å². The smallest absolute Gasteiger partial charge is 0.336 e. The Bertz CT molecular complexity index is 547. The average molecular weight is 366 g/mol. The van der Waals surface area contributed by atoms with Crippen LogP contribution >= 0.6 is 34.8 Å². The Balaban J connectivity index is 2.49. The monoisotopic (exact) mass is 364 g/mol. The summed E-state index contributed by atoms with van der Waals surface area (Å²) in [4.78, 5) is 22.9. The van der Waals surface area contributed by atoms with Crippen molar-refractivity contribution >= 4 is 46.7 Å². The molecule has 22 heavy (non-hydrogen) atoms. The number of esters is 2. The molecule has 0 heterocycles. The van der Waals surface area contributed by atoms with Gasteiger partial charge in [0.2, 0.25) is 0 Å². The Kier molecular flexibility index (Phi) is 8.31. The lowest BCUT2D eigenvalue weighted by molar-refractivity contribution is -0.138. The maximum Gasteiger partial charge on any atom is 0.336 e. The predicted octanol–water partition coefficient (Wildman–Crippen LogP) is 4.84. The topological polar surface area (TPSA) is 52.6 Å². The van der Waals surface area contributed by atoms with Gasteiger partial charge in [-0.1, -0.05) is 54.6 Å². The molecular weight excluding hydrogens is 351 g/mol. The van der Waals surface area contributed by atoms with Crippen molar-refractivity contribution < 1.29 is 19.1 Å². The zero-order valence-electron chi connectivity index (χ0n) is 11.9. The van der Waals surface area contributed by atoms with Crippen molar-refractivity contribution in [1.29, 1.82) is 0 Å². The van der Waals surface area contributed by atoms with Crippen molar-refractivity contribution in [2.75, 3.05) is 6.61 Å². The second-order valence-corrected chi connectivity index (χ2v) is 5.52. The van der Waals surface area contributed by atoms with Crippen molar-refractivity contribution in [3.63, 3.8) is 0 Å². The maximum absolute atomic E-state index is 11.6. The normalized spacial score (nSPS) is 10.7. The van der Waals surface area contributed by atoms with Gasteiger partial charge in [0.1, 0.15) is 5.75 Å². The lowest BCUT2D eigenvalue weighted by Gasteiger charge is -2.05. The molecule has 0 bridgehead atoms. The quantitative estimate of drug-likeness (QED) is 0.228. The summed E-state index contributed by atoms with van der Waals surface area (Å²) in [5, 5.41) is 0.502. The molecular formula is C15H15Cl3O4.